The molecule has 152 valence electrons. The highest BCUT2D eigenvalue weighted by Gasteiger charge is 2.14. The maximum atomic E-state index is 12.9. The molecule has 1 heterocycles. The molecule has 0 bridgehead atoms. The molecule has 3 aromatic rings. The number of anilines is 1. The van der Waals surface area contributed by atoms with Gasteiger partial charge in [-0.3, -0.25) is 4.79 Å². The lowest BCUT2D eigenvalue weighted by molar-refractivity contribution is -0.113. The van der Waals surface area contributed by atoms with Crippen LogP contribution in [0.2, 0.25) is 10.0 Å². The van der Waals surface area contributed by atoms with E-state index in [0.29, 0.717) is 39.0 Å². The number of carbonyl (C=O) groups excluding carboxylic acids is 1. The molecular weight excluding hydrogens is 438 g/mol. The van der Waals surface area contributed by atoms with E-state index >= 15 is 0 Å². The van der Waals surface area contributed by atoms with E-state index in [1.54, 1.807) is 18.2 Å². The van der Waals surface area contributed by atoms with Gasteiger partial charge >= 0.3 is 0 Å². The van der Waals surface area contributed by atoms with Crippen LogP contribution >= 0.6 is 35.0 Å². The molecule has 0 fully saturated rings. The molecule has 1 N–H and O–H groups in total. The van der Waals surface area contributed by atoms with Gasteiger partial charge in [0.2, 0.25) is 5.91 Å². The van der Waals surface area contributed by atoms with E-state index in [9.17, 15) is 9.18 Å². The first-order valence-corrected chi connectivity index (χ1v) is 10.4. The zero-order valence-electron chi connectivity index (χ0n) is 15.4. The fourth-order valence-electron chi connectivity index (χ4n) is 2.45. The van der Waals surface area contributed by atoms with Crippen LogP contribution in [0.25, 0.3) is 0 Å². The van der Waals surface area contributed by atoms with Crippen molar-refractivity contribution in [3.63, 3.8) is 0 Å². The lowest BCUT2D eigenvalue weighted by atomic mass is 10.3. The van der Waals surface area contributed by atoms with E-state index in [1.165, 1.54) is 36.0 Å². The summed E-state index contributed by atoms with van der Waals surface area (Å²) in [5.41, 5.74) is 0.530. The number of hydrogen-bond donors (Lipinski definition) is 1. The van der Waals surface area contributed by atoms with E-state index in [4.69, 9.17) is 27.9 Å². The minimum Gasteiger partial charge on any atom is -0.484 e. The second-order valence-electron chi connectivity index (χ2n) is 5.85. The Bertz CT molecular complexity index is 998. The molecule has 29 heavy (non-hydrogen) atoms. The number of amides is 1. The van der Waals surface area contributed by atoms with Gasteiger partial charge in [0.1, 0.15) is 18.2 Å². The molecule has 0 saturated carbocycles. The number of thioether (sulfide) groups is 1. The van der Waals surface area contributed by atoms with Gasteiger partial charge in [-0.25, -0.2) is 4.39 Å². The summed E-state index contributed by atoms with van der Waals surface area (Å²) < 4.78 is 20.5. The molecule has 1 aromatic heterocycles. The summed E-state index contributed by atoms with van der Waals surface area (Å²) >= 11 is 13.3. The molecule has 10 heteroatoms. The Morgan fingerprint density at radius 2 is 1.97 bits per heavy atom. The summed E-state index contributed by atoms with van der Waals surface area (Å²) in [5.74, 6) is 0.662. The molecule has 0 unspecified atom stereocenters. The summed E-state index contributed by atoms with van der Waals surface area (Å²) in [7, 11) is 0. The van der Waals surface area contributed by atoms with Crippen LogP contribution in [0.3, 0.4) is 0 Å². The number of nitrogens with one attached hydrogen (secondary N) is 1. The minimum atomic E-state index is -0.358. The van der Waals surface area contributed by atoms with Gasteiger partial charge in [0.15, 0.2) is 11.0 Å². The highest BCUT2D eigenvalue weighted by atomic mass is 35.5. The van der Waals surface area contributed by atoms with Gasteiger partial charge in [-0.2, -0.15) is 0 Å². The van der Waals surface area contributed by atoms with Gasteiger partial charge in [-0.05, 0) is 49.4 Å². The molecule has 0 saturated heterocycles. The molecule has 0 aliphatic carbocycles. The first kappa shape index (κ1) is 21.4. The van der Waals surface area contributed by atoms with Gasteiger partial charge in [0.05, 0.1) is 10.8 Å². The number of hydrogen-bond acceptors (Lipinski definition) is 5. The largest absolute Gasteiger partial charge is 0.484 e. The molecule has 0 aliphatic heterocycles. The van der Waals surface area contributed by atoms with Gasteiger partial charge in [-0.1, -0.05) is 35.0 Å². The zero-order chi connectivity index (χ0) is 20.8. The van der Waals surface area contributed by atoms with Crippen LogP contribution in [-0.2, 0) is 17.9 Å². The van der Waals surface area contributed by atoms with Crippen LogP contribution in [-0.4, -0.2) is 26.4 Å². The summed E-state index contributed by atoms with van der Waals surface area (Å²) in [4.78, 5) is 12.1. The smallest absolute Gasteiger partial charge is 0.234 e. The summed E-state index contributed by atoms with van der Waals surface area (Å²) in [6.45, 7) is 2.73. The van der Waals surface area contributed by atoms with Crippen molar-refractivity contribution in [3.05, 3.63) is 64.2 Å². The summed E-state index contributed by atoms with van der Waals surface area (Å²) in [6.07, 6.45) is 0. The topological polar surface area (TPSA) is 69.0 Å². The molecule has 1 amide bonds. The van der Waals surface area contributed by atoms with Crippen molar-refractivity contribution in [1.82, 2.24) is 14.8 Å². The number of carbonyl (C=O) groups is 1. The number of benzene rings is 2. The van der Waals surface area contributed by atoms with Crippen molar-refractivity contribution in [2.75, 3.05) is 11.1 Å². The van der Waals surface area contributed by atoms with Crippen LogP contribution in [0, 0.1) is 5.82 Å². The van der Waals surface area contributed by atoms with E-state index in [0.717, 1.165) is 0 Å². The molecule has 0 spiro atoms. The molecule has 0 radical (unpaired) electrons. The quantitative estimate of drug-likeness (QED) is 0.482. The van der Waals surface area contributed by atoms with E-state index < -0.39 is 0 Å². The monoisotopic (exact) mass is 454 g/mol. The second-order valence-corrected chi connectivity index (χ2v) is 7.64. The SMILES string of the molecule is CCn1c(COc2ccc(Cl)cc2Cl)nnc1SCC(=O)Nc1ccc(F)cc1. The number of ether oxygens (including phenoxy) is 1. The normalized spacial score (nSPS) is 10.8. The molecule has 0 atom stereocenters. The van der Waals surface area contributed by atoms with Crippen LogP contribution in [0.1, 0.15) is 12.7 Å². The van der Waals surface area contributed by atoms with Crippen LogP contribution in [0.5, 0.6) is 5.75 Å². The molecular formula is C19H17Cl2FN4O2S. The summed E-state index contributed by atoms with van der Waals surface area (Å²) in [6, 6.07) is 10.6. The third-order valence-electron chi connectivity index (χ3n) is 3.82. The lowest BCUT2D eigenvalue weighted by Crippen LogP contribution is -2.15. The maximum absolute atomic E-state index is 12.9. The predicted octanol–water partition coefficient (Wildman–Crippen LogP) is 5.05. The van der Waals surface area contributed by atoms with Crippen LogP contribution in [0.15, 0.2) is 47.6 Å². The minimum absolute atomic E-state index is 0.138. The Morgan fingerprint density at radius 3 is 2.66 bits per heavy atom. The van der Waals surface area contributed by atoms with E-state index in [2.05, 4.69) is 15.5 Å². The van der Waals surface area contributed by atoms with Crippen molar-refractivity contribution in [3.8, 4) is 5.75 Å². The number of halogens is 3. The second kappa shape index (κ2) is 9.96. The van der Waals surface area contributed by atoms with Gasteiger partial charge in [-0.15, -0.1) is 10.2 Å². The fraction of sp³-hybridized carbons (Fsp3) is 0.211. The Hall–Kier alpha value is -2.29. The Balaban J connectivity index is 1.58. The van der Waals surface area contributed by atoms with Crippen molar-refractivity contribution < 1.29 is 13.9 Å². The molecule has 2 aromatic carbocycles. The van der Waals surface area contributed by atoms with Crippen molar-refractivity contribution in [1.29, 1.82) is 0 Å². The van der Waals surface area contributed by atoms with Gasteiger partial charge < -0.3 is 14.6 Å². The Morgan fingerprint density at radius 1 is 1.21 bits per heavy atom. The number of aromatic nitrogens is 3. The first-order valence-electron chi connectivity index (χ1n) is 8.64. The standard InChI is InChI=1S/C19H17Cl2FN4O2S/c1-2-26-17(10-28-16-8-3-12(20)9-15(16)21)24-25-19(26)29-11-18(27)23-14-6-4-13(22)5-7-14/h3-9H,2,10-11H2,1H3,(H,23,27). The zero-order valence-corrected chi connectivity index (χ0v) is 17.7. The van der Waals surface area contributed by atoms with Crippen LogP contribution in [0.4, 0.5) is 10.1 Å². The van der Waals surface area contributed by atoms with E-state index in [-0.39, 0.29) is 24.1 Å². The molecule has 6 nitrogen and oxygen atoms in total. The third kappa shape index (κ3) is 5.85. The maximum Gasteiger partial charge on any atom is 0.234 e. The van der Waals surface area contributed by atoms with Crippen molar-refractivity contribution in [2.24, 2.45) is 0 Å². The Labute approximate surface area is 181 Å². The lowest BCUT2D eigenvalue weighted by Gasteiger charge is -2.10. The fourth-order valence-corrected chi connectivity index (χ4v) is 3.73. The molecule has 3 rings (SSSR count). The highest BCUT2D eigenvalue weighted by molar-refractivity contribution is 7.99. The van der Waals surface area contributed by atoms with Crippen molar-refractivity contribution >= 4 is 46.6 Å². The molecule has 0 aliphatic rings. The third-order valence-corrected chi connectivity index (χ3v) is 5.32. The average Bonchev–Trinajstić information content (AvgIpc) is 3.09. The van der Waals surface area contributed by atoms with E-state index in [1.807, 2.05) is 11.5 Å². The first-order chi connectivity index (χ1) is 14.0. The van der Waals surface area contributed by atoms with Crippen molar-refractivity contribution in [2.45, 2.75) is 25.2 Å². The van der Waals surface area contributed by atoms with Crippen LogP contribution < -0.4 is 10.1 Å². The number of nitrogens with zero attached hydrogens (tertiary/aromatic N) is 3. The number of rotatable bonds is 8. The summed E-state index contributed by atoms with van der Waals surface area (Å²) in [5, 5.41) is 12.5. The average molecular weight is 455 g/mol. The van der Waals surface area contributed by atoms with Gasteiger partial charge in [0.25, 0.3) is 0 Å². The highest BCUT2D eigenvalue weighted by Crippen LogP contribution is 2.28. The predicted molar refractivity (Wildman–Crippen MR) is 112 cm³/mol. The van der Waals surface area contributed by atoms with Gasteiger partial charge in [0, 0.05) is 17.3 Å². The Kier molecular flexibility index (Phi) is 7.35.